The van der Waals surface area contributed by atoms with E-state index in [0.29, 0.717) is 12.8 Å². The molecule has 2 unspecified atom stereocenters. The second-order valence-corrected chi connectivity index (χ2v) is 6.35. The van der Waals surface area contributed by atoms with E-state index in [9.17, 15) is 26.3 Å². The second kappa shape index (κ2) is 9.32. The fraction of sp³-hybridized carbons (Fsp3) is 0.733. The van der Waals surface area contributed by atoms with Crippen molar-refractivity contribution in [2.24, 2.45) is 18.0 Å². The number of nitrogens with zero attached hydrogens (tertiary/aromatic N) is 3. The SMILES string of the molecule is CN=C(NCc1cn(C)nc1C(F)(F)F)NC1CCCC(C(F)(F)F)C1.I. The highest BCUT2D eigenvalue weighted by atomic mass is 127. The maximum Gasteiger partial charge on any atom is 0.435 e. The molecule has 0 spiro atoms. The van der Waals surface area contributed by atoms with E-state index in [-0.39, 0.29) is 54.9 Å². The van der Waals surface area contributed by atoms with Gasteiger partial charge in [0.25, 0.3) is 0 Å². The Labute approximate surface area is 170 Å². The number of halogens is 7. The average molecular weight is 513 g/mol. The summed E-state index contributed by atoms with van der Waals surface area (Å²) >= 11 is 0. The molecule has 27 heavy (non-hydrogen) atoms. The summed E-state index contributed by atoms with van der Waals surface area (Å²) in [4.78, 5) is 3.89. The summed E-state index contributed by atoms with van der Waals surface area (Å²) in [5.74, 6) is -1.21. The van der Waals surface area contributed by atoms with E-state index >= 15 is 0 Å². The van der Waals surface area contributed by atoms with Crippen LogP contribution < -0.4 is 10.6 Å². The smallest absolute Gasteiger partial charge is 0.354 e. The van der Waals surface area contributed by atoms with Gasteiger partial charge in [-0.2, -0.15) is 31.4 Å². The van der Waals surface area contributed by atoms with Crippen molar-refractivity contribution < 1.29 is 26.3 Å². The monoisotopic (exact) mass is 513 g/mol. The molecule has 0 aromatic carbocycles. The van der Waals surface area contributed by atoms with E-state index < -0.39 is 30.0 Å². The first-order valence-corrected chi connectivity index (χ1v) is 8.14. The van der Waals surface area contributed by atoms with Crippen LogP contribution in [0.1, 0.15) is 36.9 Å². The van der Waals surface area contributed by atoms with Crippen molar-refractivity contribution in [3.05, 3.63) is 17.5 Å². The van der Waals surface area contributed by atoms with Gasteiger partial charge in [0.05, 0.1) is 5.92 Å². The molecule has 1 aliphatic carbocycles. The van der Waals surface area contributed by atoms with Crippen molar-refractivity contribution in [2.75, 3.05) is 7.05 Å². The summed E-state index contributed by atoms with van der Waals surface area (Å²) in [5.41, 5.74) is -1.07. The molecule has 1 heterocycles. The van der Waals surface area contributed by atoms with Gasteiger partial charge >= 0.3 is 12.4 Å². The molecule has 0 bridgehead atoms. The minimum atomic E-state index is -4.58. The number of rotatable bonds is 3. The van der Waals surface area contributed by atoms with Crippen LogP contribution in [-0.4, -0.2) is 35.0 Å². The van der Waals surface area contributed by atoms with Gasteiger partial charge in [-0.3, -0.25) is 9.67 Å². The lowest BCUT2D eigenvalue weighted by molar-refractivity contribution is -0.183. The molecule has 0 saturated heterocycles. The molecular formula is C15H22F6IN5. The van der Waals surface area contributed by atoms with Gasteiger partial charge < -0.3 is 10.6 Å². The lowest BCUT2D eigenvalue weighted by Gasteiger charge is -2.31. The molecular weight excluding hydrogens is 491 g/mol. The van der Waals surface area contributed by atoms with Gasteiger partial charge in [-0.15, -0.1) is 24.0 Å². The number of hydrogen-bond donors (Lipinski definition) is 2. The molecule has 2 atom stereocenters. The quantitative estimate of drug-likeness (QED) is 0.280. The van der Waals surface area contributed by atoms with E-state index in [1.807, 2.05) is 0 Å². The minimum absolute atomic E-state index is 0. The van der Waals surface area contributed by atoms with Crippen LogP contribution >= 0.6 is 24.0 Å². The third kappa shape index (κ3) is 6.71. The molecule has 12 heteroatoms. The highest BCUT2D eigenvalue weighted by Crippen LogP contribution is 2.37. The molecule has 1 saturated carbocycles. The Bertz CT molecular complexity index is 640. The molecule has 1 aromatic heterocycles. The predicted molar refractivity (Wildman–Crippen MR) is 98.8 cm³/mol. The van der Waals surface area contributed by atoms with Gasteiger partial charge in [0.1, 0.15) is 0 Å². The third-order valence-electron chi connectivity index (χ3n) is 4.32. The number of guanidine groups is 1. The van der Waals surface area contributed by atoms with Crippen molar-refractivity contribution in [3.63, 3.8) is 0 Å². The number of aliphatic imine (C=N–C) groups is 1. The summed E-state index contributed by atoms with van der Waals surface area (Å²) in [6.07, 6.45) is -6.59. The Balaban J connectivity index is 0.00000364. The van der Waals surface area contributed by atoms with Crippen molar-refractivity contribution in [3.8, 4) is 0 Å². The zero-order valence-electron chi connectivity index (χ0n) is 14.8. The molecule has 5 nitrogen and oxygen atoms in total. The topological polar surface area (TPSA) is 54.2 Å². The minimum Gasteiger partial charge on any atom is -0.354 e. The Morgan fingerprint density at radius 1 is 1.26 bits per heavy atom. The van der Waals surface area contributed by atoms with E-state index in [1.54, 1.807) is 0 Å². The lowest BCUT2D eigenvalue weighted by atomic mass is 9.85. The number of alkyl halides is 6. The summed E-state index contributed by atoms with van der Waals surface area (Å²) in [7, 11) is 2.79. The molecule has 0 aliphatic heterocycles. The fourth-order valence-corrected chi connectivity index (χ4v) is 3.09. The number of aromatic nitrogens is 2. The van der Waals surface area contributed by atoms with Gasteiger partial charge in [-0.25, -0.2) is 0 Å². The highest BCUT2D eigenvalue weighted by molar-refractivity contribution is 14.0. The molecule has 2 rings (SSSR count). The summed E-state index contributed by atoms with van der Waals surface area (Å²) in [6, 6.07) is -0.433. The van der Waals surface area contributed by atoms with E-state index in [4.69, 9.17) is 0 Å². The Kier molecular flexibility index (Phi) is 8.23. The maximum absolute atomic E-state index is 12.9. The summed E-state index contributed by atoms with van der Waals surface area (Å²) < 4.78 is 78.5. The van der Waals surface area contributed by atoms with Gasteiger partial charge in [-0.1, -0.05) is 6.42 Å². The molecule has 2 N–H and O–H groups in total. The lowest BCUT2D eigenvalue weighted by Crippen LogP contribution is -2.46. The number of aryl methyl sites for hydroxylation is 1. The van der Waals surface area contributed by atoms with Crippen LogP contribution in [-0.2, 0) is 19.8 Å². The summed E-state index contributed by atoms with van der Waals surface area (Å²) in [5, 5.41) is 8.99. The van der Waals surface area contributed by atoms with Crippen molar-refractivity contribution in [2.45, 2.75) is 50.6 Å². The largest absolute Gasteiger partial charge is 0.435 e. The van der Waals surface area contributed by atoms with Crippen LogP contribution in [0.5, 0.6) is 0 Å². The first kappa shape index (κ1) is 23.8. The number of hydrogen-bond acceptors (Lipinski definition) is 2. The van der Waals surface area contributed by atoms with Crippen LogP contribution in [0.2, 0.25) is 0 Å². The van der Waals surface area contributed by atoms with E-state index in [2.05, 4.69) is 20.7 Å². The predicted octanol–water partition coefficient (Wildman–Crippen LogP) is 3.84. The summed E-state index contributed by atoms with van der Waals surface area (Å²) in [6.45, 7) is -0.197. The van der Waals surface area contributed by atoms with Gasteiger partial charge in [-0.05, 0) is 19.3 Å². The number of nitrogens with one attached hydrogen (secondary N) is 2. The first-order valence-electron chi connectivity index (χ1n) is 8.14. The second-order valence-electron chi connectivity index (χ2n) is 6.35. The molecule has 1 aliphatic rings. The van der Waals surface area contributed by atoms with Crippen molar-refractivity contribution in [1.82, 2.24) is 20.4 Å². The van der Waals surface area contributed by atoms with Crippen molar-refractivity contribution >= 4 is 29.9 Å². The van der Waals surface area contributed by atoms with E-state index in [0.717, 1.165) is 4.68 Å². The van der Waals surface area contributed by atoms with Gasteiger partial charge in [0.15, 0.2) is 11.7 Å². The van der Waals surface area contributed by atoms with Crippen LogP contribution in [0, 0.1) is 5.92 Å². The van der Waals surface area contributed by atoms with Gasteiger partial charge in [0, 0.05) is 38.4 Å². The Morgan fingerprint density at radius 2 is 1.93 bits per heavy atom. The van der Waals surface area contributed by atoms with Crippen LogP contribution in [0.15, 0.2) is 11.2 Å². The maximum atomic E-state index is 12.9. The van der Waals surface area contributed by atoms with Gasteiger partial charge in [0.2, 0.25) is 0 Å². The third-order valence-corrected chi connectivity index (χ3v) is 4.32. The van der Waals surface area contributed by atoms with Crippen LogP contribution in [0.4, 0.5) is 26.3 Å². The first-order chi connectivity index (χ1) is 12.0. The molecule has 0 radical (unpaired) electrons. The molecule has 0 amide bonds. The van der Waals surface area contributed by atoms with Crippen molar-refractivity contribution in [1.29, 1.82) is 0 Å². The highest BCUT2D eigenvalue weighted by Gasteiger charge is 2.42. The molecule has 1 aromatic rings. The molecule has 1 fully saturated rings. The zero-order valence-corrected chi connectivity index (χ0v) is 17.1. The standard InChI is InChI=1S/C15H21F6N5.HI/c1-22-13(24-11-5-3-4-10(6-11)14(16,17)18)23-7-9-8-26(2)25-12(9)15(19,20)21;/h8,10-11H,3-7H2,1-2H3,(H2,22,23,24);1H. The Morgan fingerprint density at radius 3 is 2.48 bits per heavy atom. The van der Waals surface area contributed by atoms with E-state index in [1.165, 1.54) is 20.3 Å². The van der Waals surface area contributed by atoms with Crippen LogP contribution in [0.25, 0.3) is 0 Å². The van der Waals surface area contributed by atoms with Crippen LogP contribution in [0.3, 0.4) is 0 Å². The zero-order chi connectivity index (χ0) is 19.5. The fourth-order valence-electron chi connectivity index (χ4n) is 3.09. The molecule has 156 valence electrons. The average Bonchev–Trinajstić information content (AvgIpc) is 2.92. The Hall–Kier alpha value is -1.21. The normalized spacial score (nSPS) is 21.6.